The Balaban J connectivity index is 1.99. The number of carbonyl (C=O) groups excluding carboxylic acids is 1. The summed E-state index contributed by atoms with van der Waals surface area (Å²) in [6.07, 6.45) is 3.00. The van der Waals surface area contributed by atoms with Crippen LogP contribution in [-0.2, 0) is 21.3 Å². The van der Waals surface area contributed by atoms with Gasteiger partial charge < -0.3 is 9.30 Å². The van der Waals surface area contributed by atoms with Crippen molar-refractivity contribution in [3.05, 3.63) is 82.1 Å². The molecule has 0 aliphatic heterocycles. The number of sulfonamides is 1. The van der Waals surface area contributed by atoms with E-state index in [4.69, 9.17) is 27.9 Å². The summed E-state index contributed by atoms with van der Waals surface area (Å²) in [7, 11) is -2.18. The average molecular weight is 540 g/mol. The van der Waals surface area contributed by atoms with E-state index in [0.29, 0.717) is 33.5 Å². The minimum Gasteiger partial charge on any atom is -0.383 e. The summed E-state index contributed by atoms with van der Waals surface area (Å²) in [4.78, 5) is 17.7. The first kappa shape index (κ1) is 26.3. The number of nitrogens with zero attached hydrogens (tertiary/aromatic N) is 3. The molecule has 3 aromatic rings. The molecule has 0 saturated carbocycles. The second kappa shape index (κ2) is 11.4. The highest BCUT2D eigenvalue weighted by atomic mass is 35.5. The number of rotatable bonds is 10. The Labute approximate surface area is 212 Å². The van der Waals surface area contributed by atoms with Crippen LogP contribution in [0.5, 0.6) is 0 Å². The molecule has 0 saturated heterocycles. The van der Waals surface area contributed by atoms with E-state index < -0.39 is 15.9 Å². The van der Waals surface area contributed by atoms with Gasteiger partial charge in [-0.15, -0.1) is 13.2 Å². The molecule has 0 unspecified atom stereocenters. The van der Waals surface area contributed by atoms with Gasteiger partial charge in [-0.25, -0.2) is 8.42 Å². The Morgan fingerprint density at radius 1 is 1.18 bits per heavy atom. The van der Waals surface area contributed by atoms with Gasteiger partial charge in [0.2, 0.25) is 10.0 Å². The zero-order chi connectivity index (χ0) is 24.9. The van der Waals surface area contributed by atoms with Crippen LogP contribution in [0.3, 0.4) is 0 Å². The quantitative estimate of drug-likeness (QED) is 0.348. The number of thiazole rings is 1. The third-order valence-corrected chi connectivity index (χ3v) is 8.19. The SMILES string of the molecule is C=CCN(CC=C)S(=O)(=O)c1ccc(C(=O)N=c2sc3cc(Cl)cc(Cl)c3n2CCOC)cc1. The van der Waals surface area contributed by atoms with Gasteiger partial charge in [-0.3, -0.25) is 4.79 Å². The van der Waals surface area contributed by atoms with E-state index in [9.17, 15) is 13.2 Å². The van der Waals surface area contributed by atoms with Gasteiger partial charge >= 0.3 is 0 Å². The molecule has 180 valence electrons. The van der Waals surface area contributed by atoms with Crippen molar-refractivity contribution in [2.45, 2.75) is 11.4 Å². The van der Waals surface area contributed by atoms with Crippen LogP contribution in [0.15, 0.2) is 71.6 Å². The molecule has 1 aromatic heterocycles. The number of amides is 1. The lowest BCUT2D eigenvalue weighted by Crippen LogP contribution is -2.31. The summed E-state index contributed by atoms with van der Waals surface area (Å²) in [6, 6.07) is 9.05. The van der Waals surface area contributed by atoms with Crippen molar-refractivity contribution < 1.29 is 17.9 Å². The fraction of sp³-hybridized carbons (Fsp3) is 0.217. The molecular formula is C23H23Cl2N3O4S2. The van der Waals surface area contributed by atoms with Crippen molar-refractivity contribution in [3.63, 3.8) is 0 Å². The standard InChI is InChI=1S/C23H23Cl2N3O4S2/c1-4-10-27(11-5-2)34(30,31)18-8-6-16(7-9-18)22(29)26-23-28(12-13-32-3)21-19(25)14-17(24)15-20(21)33-23/h4-9,14-15H,1-2,10-13H2,3H3. The van der Waals surface area contributed by atoms with Gasteiger partial charge in [-0.05, 0) is 36.4 Å². The lowest BCUT2D eigenvalue weighted by molar-refractivity contribution is 0.0997. The minimum absolute atomic E-state index is 0.0613. The number of hydrogen-bond acceptors (Lipinski definition) is 5. The van der Waals surface area contributed by atoms with Gasteiger partial charge in [-0.2, -0.15) is 9.30 Å². The fourth-order valence-corrected chi connectivity index (χ4v) is 6.45. The first-order chi connectivity index (χ1) is 16.2. The second-order valence-electron chi connectivity index (χ2n) is 7.10. The molecule has 0 aliphatic carbocycles. The number of benzene rings is 2. The van der Waals surface area contributed by atoms with Gasteiger partial charge in [0.1, 0.15) is 0 Å². The van der Waals surface area contributed by atoms with Crippen molar-refractivity contribution in [1.82, 2.24) is 8.87 Å². The Kier molecular flexibility index (Phi) is 8.86. The van der Waals surface area contributed by atoms with Crippen LogP contribution in [0.4, 0.5) is 0 Å². The lowest BCUT2D eigenvalue weighted by atomic mass is 10.2. The maximum absolute atomic E-state index is 12.9. The van der Waals surface area contributed by atoms with Crippen LogP contribution in [0.25, 0.3) is 10.2 Å². The topological polar surface area (TPSA) is 81.0 Å². The lowest BCUT2D eigenvalue weighted by Gasteiger charge is -2.19. The maximum atomic E-state index is 12.9. The largest absolute Gasteiger partial charge is 0.383 e. The monoisotopic (exact) mass is 539 g/mol. The summed E-state index contributed by atoms with van der Waals surface area (Å²) in [5, 5.41) is 0.927. The molecule has 0 spiro atoms. The highest BCUT2D eigenvalue weighted by Gasteiger charge is 2.22. The van der Waals surface area contributed by atoms with Crippen molar-refractivity contribution >= 4 is 60.7 Å². The number of halogens is 2. The zero-order valence-electron chi connectivity index (χ0n) is 18.4. The molecule has 0 fully saturated rings. The number of fused-ring (bicyclic) bond motifs is 1. The molecule has 3 rings (SSSR count). The predicted octanol–water partition coefficient (Wildman–Crippen LogP) is 4.76. The molecule has 0 N–H and O–H groups in total. The molecule has 7 nitrogen and oxygen atoms in total. The Hall–Kier alpha value is -2.27. The predicted molar refractivity (Wildman–Crippen MR) is 137 cm³/mol. The van der Waals surface area contributed by atoms with E-state index >= 15 is 0 Å². The molecular weight excluding hydrogens is 517 g/mol. The van der Waals surface area contributed by atoms with E-state index in [1.165, 1.54) is 52.1 Å². The van der Waals surface area contributed by atoms with E-state index in [0.717, 1.165) is 4.70 Å². The summed E-state index contributed by atoms with van der Waals surface area (Å²) in [6.45, 7) is 8.31. The Bertz CT molecular complexity index is 1380. The van der Waals surface area contributed by atoms with Crippen LogP contribution in [0.2, 0.25) is 10.0 Å². The van der Waals surface area contributed by atoms with E-state index in [-0.39, 0.29) is 23.5 Å². The third-order valence-electron chi connectivity index (χ3n) is 4.82. The van der Waals surface area contributed by atoms with Gasteiger partial charge in [0.15, 0.2) is 4.80 Å². The molecule has 11 heteroatoms. The van der Waals surface area contributed by atoms with Crippen LogP contribution < -0.4 is 4.80 Å². The first-order valence-electron chi connectivity index (χ1n) is 10.1. The maximum Gasteiger partial charge on any atom is 0.279 e. The van der Waals surface area contributed by atoms with Crippen LogP contribution in [0.1, 0.15) is 10.4 Å². The molecule has 0 radical (unpaired) electrons. The van der Waals surface area contributed by atoms with Crippen molar-refractivity contribution in [2.75, 3.05) is 26.8 Å². The smallest absolute Gasteiger partial charge is 0.279 e. The van der Waals surface area contributed by atoms with E-state index in [1.54, 1.807) is 23.8 Å². The molecule has 0 aliphatic rings. The number of aromatic nitrogens is 1. The summed E-state index contributed by atoms with van der Waals surface area (Å²) in [5.41, 5.74) is 0.962. The van der Waals surface area contributed by atoms with Crippen molar-refractivity contribution in [2.24, 2.45) is 4.99 Å². The van der Waals surface area contributed by atoms with Gasteiger partial charge in [-0.1, -0.05) is 46.7 Å². The summed E-state index contributed by atoms with van der Waals surface area (Å²) in [5.74, 6) is -0.516. The van der Waals surface area contributed by atoms with Crippen molar-refractivity contribution in [1.29, 1.82) is 0 Å². The van der Waals surface area contributed by atoms with E-state index in [1.807, 2.05) is 0 Å². The Morgan fingerprint density at radius 3 is 2.41 bits per heavy atom. The molecule has 1 amide bonds. The Morgan fingerprint density at radius 2 is 1.82 bits per heavy atom. The average Bonchev–Trinajstić information content (AvgIpc) is 3.14. The molecule has 34 heavy (non-hydrogen) atoms. The van der Waals surface area contributed by atoms with Crippen molar-refractivity contribution in [3.8, 4) is 0 Å². The summed E-state index contributed by atoms with van der Waals surface area (Å²) < 4.78 is 34.8. The third kappa shape index (κ3) is 5.68. The van der Waals surface area contributed by atoms with Gasteiger partial charge in [0.25, 0.3) is 5.91 Å². The van der Waals surface area contributed by atoms with Crippen LogP contribution in [0, 0.1) is 0 Å². The number of ether oxygens (including phenoxy) is 1. The molecule has 0 bridgehead atoms. The van der Waals surface area contributed by atoms with Gasteiger partial charge in [0, 0.05) is 37.3 Å². The molecule has 0 atom stereocenters. The van der Waals surface area contributed by atoms with Gasteiger partial charge in [0.05, 0.1) is 26.7 Å². The van der Waals surface area contributed by atoms with E-state index in [2.05, 4.69) is 18.2 Å². The second-order valence-corrected chi connectivity index (χ2v) is 10.9. The van der Waals surface area contributed by atoms with Crippen LogP contribution >= 0.6 is 34.5 Å². The normalized spacial score (nSPS) is 12.4. The molecule has 2 aromatic carbocycles. The highest BCUT2D eigenvalue weighted by molar-refractivity contribution is 7.89. The fourth-order valence-electron chi connectivity index (χ4n) is 3.23. The number of methoxy groups -OCH3 is 1. The zero-order valence-corrected chi connectivity index (χ0v) is 21.6. The number of carbonyl (C=O) groups is 1. The minimum atomic E-state index is -3.76. The number of hydrogen-bond donors (Lipinski definition) is 0. The molecule has 1 heterocycles. The van der Waals surface area contributed by atoms with Crippen LogP contribution in [-0.4, -0.2) is 50.0 Å². The first-order valence-corrected chi connectivity index (χ1v) is 13.1. The highest BCUT2D eigenvalue weighted by Crippen LogP contribution is 2.29. The summed E-state index contributed by atoms with van der Waals surface area (Å²) >= 11 is 13.8.